The molecule has 110 valence electrons. The van der Waals surface area contributed by atoms with E-state index in [0.29, 0.717) is 18.0 Å². The number of ether oxygens (including phenoxy) is 2. The van der Waals surface area contributed by atoms with Gasteiger partial charge in [-0.1, -0.05) is 6.92 Å². The summed E-state index contributed by atoms with van der Waals surface area (Å²) >= 11 is 0. The molecule has 2 fully saturated rings. The molecule has 0 spiro atoms. The summed E-state index contributed by atoms with van der Waals surface area (Å²) in [6, 6.07) is 0.637. The van der Waals surface area contributed by atoms with Crippen LogP contribution in [0, 0.1) is 11.8 Å². The van der Waals surface area contributed by atoms with Crippen molar-refractivity contribution in [3.63, 3.8) is 0 Å². The zero-order valence-corrected chi connectivity index (χ0v) is 12.4. The fourth-order valence-electron chi connectivity index (χ4n) is 4.16. The summed E-state index contributed by atoms with van der Waals surface area (Å²) < 4.78 is 12.0. The second-order valence-corrected chi connectivity index (χ2v) is 6.99. The minimum absolute atomic E-state index is 0.233. The highest BCUT2D eigenvalue weighted by molar-refractivity contribution is 5.81. The van der Waals surface area contributed by atoms with Crippen molar-refractivity contribution in [2.45, 2.75) is 76.7 Å². The Morgan fingerprint density at radius 1 is 0.900 bits per heavy atom. The summed E-state index contributed by atoms with van der Waals surface area (Å²) in [5.74, 6) is 3.33. The van der Waals surface area contributed by atoms with Crippen molar-refractivity contribution in [2.24, 2.45) is 21.8 Å². The minimum atomic E-state index is 0.233. The van der Waals surface area contributed by atoms with Crippen LogP contribution in [0.4, 0.5) is 0 Å². The molecule has 0 N–H and O–H groups in total. The van der Waals surface area contributed by atoms with Crippen molar-refractivity contribution in [3.05, 3.63) is 0 Å². The van der Waals surface area contributed by atoms with Gasteiger partial charge in [-0.15, -0.1) is 0 Å². The average molecular weight is 276 g/mol. The van der Waals surface area contributed by atoms with Crippen molar-refractivity contribution < 1.29 is 9.47 Å². The SMILES string of the molecule is CC1=NC2CC3N=C(C4CCC(C)CC4)OC3CC2O1. The van der Waals surface area contributed by atoms with E-state index in [1.54, 1.807) is 0 Å². The van der Waals surface area contributed by atoms with Crippen molar-refractivity contribution in [2.75, 3.05) is 0 Å². The molecule has 4 aliphatic rings. The maximum atomic E-state index is 6.20. The summed E-state index contributed by atoms with van der Waals surface area (Å²) in [5, 5.41) is 0. The monoisotopic (exact) mass is 276 g/mol. The molecule has 0 saturated heterocycles. The van der Waals surface area contributed by atoms with Crippen LogP contribution in [-0.4, -0.2) is 36.1 Å². The van der Waals surface area contributed by atoms with Gasteiger partial charge < -0.3 is 9.47 Å². The highest BCUT2D eigenvalue weighted by Gasteiger charge is 2.46. The first kappa shape index (κ1) is 12.7. The van der Waals surface area contributed by atoms with E-state index in [1.165, 1.54) is 25.7 Å². The van der Waals surface area contributed by atoms with Crippen molar-refractivity contribution in [1.82, 2.24) is 0 Å². The molecule has 4 heteroatoms. The minimum Gasteiger partial charge on any atom is -0.476 e. The van der Waals surface area contributed by atoms with E-state index in [4.69, 9.17) is 14.5 Å². The molecular formula is C16H24N2O2. The van der Waals surface area contributed by atoms with Crippen LogP contribution in [0.5, 0.6) is 0 Å². The van der Waals surface area contributed by atoms with Gasteiger partial charge in [-0.3, -0.25) is 0 Å². The second kappa shape index (κ2) is 4.74. The van der Waals surface area contributed by atoms with E-state index in [2.05, 4.69) is 11.9 Å². The van der Waals surface area contributed by atoms with Crippen LogP contribution in [0.3, 0.4) is 0 Å². The molecule has 2 saturated carbocycles. The number of rotatable bonds is 1. The Labute approximate surface area is 120 Å². The first-order valence-corrected chi connectivity index (χ1v) is 8.14. The lowest BCUT2D eigenvalue weighted by Crippen LogP contribution is -2.41. The van der Waals surface area contributed by atoms with E-state index in [-0.39, 0.29) is 12.2 Å². The molecule has 4 atom stereocenters. The zero-order chi connectivity index (χ0) is 13.7. The normalized spacial score (nSPS) is 46.7. The van der Waals surface area contributed by atoms with Gasteiger partial charge in [-0.2, -0.15) is 0 Å². The zero-order valence-electron chi connectivity index (χ0n) is 12.4. The largest absolute Gasteiger partial charge is 0.476 e. The van der Waals surface area contributed by atoms with Crippen molar-refractivity contribution in [1.29, 1.82) is 0 Å². The molecular weight excluding hydrogens is 252 g/mol. The Balaban J connectivity index is 1.44. The molecule has 2 aliphatic carbocycles. The third kappa shape index (κ3) is 2.13. The van der Waals surface area contributed by atoms with Gasteiger partial charge in [0.05, 0.1) is 12.1 Å². The molecule has 0 aromatic heterocycles. The molecule has 4 rings (SSSR count). The molecule has 0 aromatic rings. The Hall–Kier alpha value is -1.06. The Morgan fingerprint density at radius 2 is 1.60 bits per heavy atom. The highest BCUT2D eigenvalue weighted by Crippen LogP contribution is 2.38. The van der Waals surface area contributed by atoms with Gasteiger partial charge in [-0.05, 0) is 38.0 Å². The Bertz CT molecular complexity index is 451. The van der Waals surface area contributed by atoms with Gasteiger partial charge in [0.25, 0.3) is 0 Å². The first-order valence-electron chi connectivity index (χ1n) is 8.14. The number of hydrogen-bond donors (Lipinski definition) is 0. The van der Waals surface area contributed by atoms with Gasteiger partial charge >= 0.3 is 0 Å². The average Bonchev–Trinajstić information content (AvgIpc) is 2.97. The van der Waals surface area contributed by atoms with Crippen molar-refractivity contribution in [3.8, 4) is 0 Å². The molecule has 4 nitrogen and oxygen atoms in total. The summed E-state index contributed by atoms with van der Waals surface area (Å²) in [7, 11) is 0. The van der Waals surface area contributed by atoms with Gasteiger partial charge in [0.1, 0.15) is 12.2 Å². The Morgan fingerprint density at radius 3 is 2.40 bits per heavy atom. The third-order valence-electron chi connectivity index (χ3n) is 5.41. The maximum Gasteiger partial charge on any atom is 0.187 e. The fraction of sp³-hybridized carbons (Fsp3) is 0.875. The van der Waals surface area contributed by atoms with Crippen LogP contribution >= 0.6 is 0 Å². The van der Waals surface area contributed by atoms with E-state index in [1.807, 2.05) is 6.92 Å². The molecule has 2 aliphatic heterocycles. The van der Waals surface area contributed by atoms with Crippen LogP contribution < -0.4 is 0 Å². The molecule has 0 amide bonds. The van der Waals surface area contributed by atoms with Crippen LogP contribution in [-0.2, 0) is 9.47 Å². The van der Waals surface area contributed by atoms with Crippen LogP contribution in [0.25, 0.3) is 0 Å². The lowest BCUT2D eigenvalue weighted by Gasteiger charge is -2.30. The topological polar surface area (TPSA) is 43.2 Å². The standard InChI is InChI=1S/C16H24N2O2/c1-9-3-5-11(6-4-9)16-18-13-7-12-14(8-15(13)20-16)19-10(2)17-12/h9,11-15H,3-8H2,1-2H3. The number of fused-ring (bicyclic) bond motifs is 2. The van der Waals surface area contributed by atoms with Crippen LogP contribution in [0.1, 0.15) is 52.4 Å². The smallest absolute Gasteiger partial charge is 0.187 e. The van der Waals surface area contributed by atoms with Crippen molar-refractivity contribution >= 4 is 11.8 Å². The first-order chi connectivity index (χ1) is 9.69. The van der Waals surface area contributed by atoms with Gasteiger partial charge in [0.2, 0.25) is 0 Å². The number of hydrogen-bond acceptors (Lipinski definition) is 4. The van der Waals surface area contributed by atoms with E-state index in [0.717, 1.165) is 30.6 Å². The fourth-order valence-corrected chi connectivity index (χ4v) is 4.16. The number of nitrogens with zero attached hydrogens (tertiary/aromatic N) is 2. The maximum absolute atomic E-state index is 6.20. The summed E-state index contributed by atoms with van der Waals surface area (Å²) in [6.07, 6.45) is 7.57. The summed E-state index contributed by atoms with van der Waals surface area (Å²) in [6.45, 7) is 4.30. The molecule has 20 heavy (non-hydrogen) atoms. The second-order valence-electron chi connectivity index (χ2n) is 6.99. The highest BCUT2D eigenvalue weighted by atomic mass is 16.5. The van der Waals surface area contributed by atoms with Crippen LogP contribution in [0.2, 0.25) is 0 Å². The third-order valence-corrected chi connectivity index (χ3v) is 5.41. The van der Waals surface area contributed by atoms with E-state index >= 15 is 0 Å². The van der Waals surface area contributed by atoms with E-state index in [9.17, 15) is 0 Å². The summed E-state index contributed by atoms with van der Waals surface area (Å²) in [5.41, 5.74) is 0. The Kier molecular flexibility index (Phi) is 3.00. The predicted octanol–water partition coefficient (Wildman–Crippen LogP) is 2.96. The molecule has 0 radical (unpaired) electrons. The van der Waals surface area contributed by atoms with Gasteiger partial charge in [-0.25, -0.2) is 9.98 Å². The van der Waals surface area contributed by atoms with Crippen LogP contribution in [0.15, 0.2) is 9.98 Å². The quantitative estimate of drug-likeness (QED) is 0.739. The number of aliphatic imine (C=N–C) groups is 2. The lowest BCUT2D eigenvalue weighted by molar-refractivity contribution is 0.0572. The van der Waals surface area contributed by atoms with Gasteiger partial charge in [0.15, 0.2) is 11.8 Å². The molecule has 0 bridgehead atoms. The molecule has 4 unspecified atom stereocenters. The summed E-state index contributed by atoms with van der Waals surface area (Å²) in [4.78, 5) is 9.50. The molecule has 2 heterocycles. The molecule has 0 aromatic carbocycles. The van der Waals surface area contributed by atoms with Gasteiger partial charge in [0, 0.05) is 19.3 Å². The lowest BCUT2D eigenvalue weighted by atomic mass is 9.83. The van der Waals surface area contributed by atoms with E-state index < -0.39 is 0 Å². The predicted molar refractivity (Wildman–Crippen MR) is 78.2 cm³/mol.